The van der Waals surface area contributed by atoms with Crippen LogP contribution in [0.15, 0.2) is 72.8 Å². The number of hydrogen-bond acceptors (Lipinski definition) is 3. The van der Waals surface area contributed by atoms with Crippen molar-refractivity contribution in [2.24, 2.45) is 0 Å². The van der Waals surface area contributed by atoms with E-state index in [4.69, 9.17) is 9.72 Å². The van der Waals surface area contributed by atoms with Gasteiger partial charge in [-0.1, -0.05) is 36.4 Å². The van der Waals surface area contributed by atoms with Gasteiger partial charge in [0.2, 0.25) is 0 Å². The van der Waals surface area contributed by atoms with E-state index >= 15 is 0 Å². The number of hydrogen-bond donors (Lipinski definition) is 1. The summed E-state index contributed by atoms with van der Waals surface area (Å²) in [5.74, 6) is 1.60. The molecule has 3 aromatic carbocycles. The maximum atomic E-state index is 5.92. The van der Waals surface area contributed by atoms with E-state index < -0.39 is 0 Å². The van der Waals surface area contributed by atoms with Crippen LogP contribution in [0.4, 0.5) is 11.4 Å². The Morgan fingerprint density at radius 3 is 2.67 bits per heavy atom. The first-order chi connectivity index (χ1) is 11.9. The summed E-state index contributed by atoms with van der Waals surface area (Å²) in [6.07, 6.45) is 0. The molecule has 0 aliphatic carbocycles. The zero-order chi connectivity index (χ0) is 15.9. The van der Waals surface area contributed by atoms with Gasteiger partial charge in [-0.3, -0.25) is 0 Å². The molecular formula is C21H13N2O. The molecule has 1 aliphatic heterocycles. The summed E-state index contributed by atoms with van der Waals surface area (Å²) in [6, 6.07) is 27.4. The minimum atomic E-state index is 0.776. The summed E-state index contributed by atoms with van der Waals surface area (Å²) in [7, 11) is 0. The summed E-state index contributed by atoms with van der Waals surface area (Å²) in [6.45, 7) is 0. The van der Waals surface area contributed by atoms with E-state index in [0.29, 0.717) is 0 Å². The lowest BCUT2D eigenvalue weighted by Gasteiger charge is -2.21. The summed E-state index contributed by atoms with van der Waals surface area (Å²) in [4.78, 5) is 4.74. The van der Waals surface area contributed by atoms with Crippen LogP contribution in [0.3, 0.4) is 0 Å². The molecule has 1 aromatic heterocycles. The van der Waals surface area contributed by atoms with Crippen molar-refractivity contribution in [3.63, 3.8) is 0 Å². The molecule has 3 nitrogen and oxygen atoms in total. The van der Waals surface area contributed by atoms with Gasteiger partial charge in [-0.15, -0.1) is 0 Å². The van der Waals surface area contributed by atoms with Gasteiger partial charge in [-0.2, -0.15) is 0 Å². The molecule has 1 N–H and O–H groups in total. The Labute approximate surface area is 139 Å². The highest BCUT2D eigenvalue weighted by atomic mass is 16.5. The largest absolute Gasteiger partial charge is 0.453 e. The Hall–Kier alpha value is -3.33. The van der Waals surface area contributed by atoms with Crippen LogP contribution in [-0.4, -0.2) is 4.98 Å². The minimum absolute atomic E-state index is 0.776. The van der Waals surface area contributed by atoms with E-state index in [1.54, 1.807) is 0 Å². The zero-order valence-electron chi connectivity index (χ0n) is 12.8. The van der Waals surface area contributed by atoms with E-state index in [2.05, 4.69) is 23.5 Å². The number of pyridine rings is 1. The van der Waals surface area contributed by atoms with Crippen LogP contribution in [0.2, 0.25) is 0 Å². The van der Waals surface area contributed by atoms with Crippen molar-refractivity contribution < 1.29 is 4.74 Å². The Morgan fingerprint density at radius 1 is 0.792 bits per heavy atom. The fourth-order valence-electron chi connectivity index (χ4n) is 2.94. The summed E-state index contributed by atoms with van der Waals surface area (Å²) < 4.78 is 5.92. The molecule has 0 spiro atoms. The Bertz CT molecular complexity index is 1070. The monoisotopic (exact) mass is 309 g/mol. The number of aromatic nitrogens is 1. The fraction of sp³-hybridized carbons (Fsp3) is 0. The predicted molar refractivity (Wildman–Crippen MR) is 95.8 cm³/mol. The number of nitrogens with one attached hydrogen (secondary N) is 1. The highest BCUT2D eigenvalue weighted by Crippen LogP contribution is 2.42. The van der Waals surface area contributed by atoms with E-state index in [9.17, 15) is 0 Å². The maximum Gasteiger partial charge on any atom is 0.151 e. The van der Waals surface area contributed by atoms with Gasteiger partial charge in [0, 0.05) is 17.0 Å². The van der Waals surface area contributed by atoms with Crippen LogP contribution in [0.1, 0.15) is 0 Å². The van der Waals surface area contributed by atoms with Gasteiger partial charge in [-0.05, 0) is 36.4 Å². The molecule has 0 bridgehead atoms. The number of fused-ring (bicyclic) bond motifs is 3. The molecule has 0 saturated carbocycles. The first-order valence-electron chi connectivity index (χ1n) is 7.83. The number of ether oxygens (including phenoxy) is 1. The highest BCUT2D eigenvalue weighted by Gasteiger charge is 2.17. The molecule has 113 valence electrons. The molecule has 24 heavy (non-hydrogen) atoms. The van der Waals surface area contributed by atoms with Crippen molar-refractivity contribution in [2.75, 3.05) is 5.32 Å². The second-order valence-electron chi connectivity index (χ2n) is 5.72. The van der Waals surface area contributed by atoms with Gasteiger partial charge in [0.1, 0.15) is 0 Å². The summed E-state index contributed by atoms with van der Waals surface area (Å²) in [5, 5.41) is 4.51. The first kappa shape index (κ1) is 13.1. The van der Waals surface area contributed by atoms with Gasteiger partial charge < -0.3 is 10.1 Å². The molecule has 0 unspecified atom stereocenters. The van der Waals surface area contributed by atoms with Crippen molar-refractivity contribution in [3.8, 4) is 22.8 Å². The van der Waals surface area contributed by atoms with Crippen LogP contribution < -0.4 is 10.1 Å². The van der Waals surface area contributed by atoms with E-state index in [1.165, 1.54) is 0 Å². The van der Waals surface area contributed by atoms with Crippen LogP contribution in [0.25, 0.3) is 22.2 Å². The first-order valence-corrected chi connectivity index (χ1v) is 7.83. The molecule has 5 rings (SSSR count). The smallest absolute Gasteiger partial charge is 0.151 e. The van der Waals surface area contributed by atoms with Gasteiger partial charge in [0.25, 0.3) is 0 Å². The second-order valence-corrected chi connectivity index (χ2v) is 5.72. The summed E-state index contributed by atoms with van der Waals surface area (Å²) in [5.41, 5.74) is 4.61. The number of rotatable bonds is 1. The van der Waals surface area contributed by atoms with E-state index in [1.807, 2.05) is 60.7 Å². The quantitative estimate of drug-likeness (QED) is 0.441. The van der Waals surface area contributed by atoms with Gasteiger partial charge in [0.05, 0.1) is 22.6 Å². The Balaban J connectivity index is 1.58. The van der Waals surface area contributed by atoms with Gasteiger partial charge in [0.15, 0.2) is 11.5 Å². The molecule has 4 aromatic rings. The minimum Gasteiger partial charge on any atom is -0.453 e. The molecule has 0 saturated heterocycles. The molecule has 0 amide bonds. The average Bonchev–Trinajstić information content (AvgIpc) is 2.65. The lowest BCUT2D eigenvalue weighted by molar-refractivity contribution is 0.481. The topological polar surface area (TPSA) is 34.2 Å². The standard InChI is InChI=1S/C21H13N2O/c1-2-6-16-14(5-1)9-11-17(22-16)15-10-12-21-19(13-15)23-18-7-3-4-8-20(18)24-21/h1-12,23H. The zero-order valence-corrected chi connectivity index (χ0v) is 12.8. The van der Waals surface area contributed by atoms with Gasteiger partial charge >= 0.3 is 0 Å². The molecule has 1 radical (unpaired) electrons. The fourth-order valence-corrected chi connectivity index (χ4v) is 2.94. The van der Waals surface area contributed by atoms with Crippen molar-refractivity contribution in [1.29, 1.82) is 0 Å². The van der Waals surface area contributed by atoms with Crippen LogP contribution in [0.5, 0.6) is 11.5 Å². The molecule has 1 aliphatic rings. The van der Waals surface area contributed by atoms with E-state index in [0.717, 1.165) is 45.0 Å². The third kappa shape index (κ3) is 2.10. The van der Waals surface area contributed by atoms with Gasteiger partial charge in [-0.25, -0.2) is 4.98 Å². The molecule has 0 atom stereocenters. The molecule has 0 fully saturated rings. The lowest BCUT2D eigenvalue weighted by Crippen LogP contribution is -2.03. The number of para-hydroxylation sites is 3. The molecule has 3 heteroatoms. The number of anilines is 2. The van der Waals surface area contributed by atoms with Crippen molar-refractivity contribution in [1.82, 2.24) is 4.98 Å². The Morgan fingerprint density at radius 2 is 1.67 bits per heavy atom. The Kier molecular flexibility index (Phi) is 2.79. The summed E-state index contributed by atoms with van der Waals surface area (Å²) >= 11 is 0. The maximum absolute atomic E-state index is 5.92. The lowest BCUT2D eigenvalue weighted by atomic mass is 10.1. The third-order valence-corrected chi connectivity index (χ3v) is 4.15. The third-order valence-electron chi connectivity index (χ3n) is 4.15. The van der Waals surface area contributed by atoms with Crippen molar-refractivity contribution >= 4 is 22.3 Å². The normalized spacial score (nSPS) is 12.0. The van der Waals surface area contributed by atoms with Crippen LogP contribution in [0, 0.1) is 6.07 Å². The molecular weight excluding hydrogens is 296 g/mol. The average molecular weight is 309 g/mol. The predicted octanol–water partition coefficient (Wildman–Crippen LogP) is 5.55. The molecule has 2 heterocycles. The number of nitrogens with zero attached hydrogens (tertiary/aromatic N) is 1. The SMILES string of the molecule is [c]1c(-c2ccc3ccccc3n2)ccc2c1Nc1ccccc1O2. The van der Waals surface area contributed by atoms with Crippen molar-refractivity contribution in [2.45, 2.75) is 0 Å². The van der Waals surface area contributed by atoms with Crippen LogP contribution >= 0.6 is 0 Å². The highest BCUT2D eigenvalue weighted by molar-refractivity contribution is 5.83. The number of benzene rings is 3. The van der Waals surface area contributed by atoms with E-state index in [-0.39, 0.29) is 0 Å². The second kappa shape index (κ2) is 5.10. The van der Waals surface area contributed by atoms with Crippen LogP contribution in [-0.2, 0) is 0 Å². The van der Waals surface area contributed by atoms with Crippen molar-refractivity contribution in [3.05, 3.63) is 78.9 Å².